The van der Waals surface area contributed by atoms with Gasteiger partial charge in [0.2, 0.25) is 0 Å². The molecule has 0 aliphatic rings. The second-order valence-corrected chi connectivity index (χ2v) is 8.84. The number of benzene rings is 2. The smallest absolute Gasteiger partial charge is 0.264 e. The lowest BCUT2D eigenvalue weighted by atomic mass is 10.1. The molecular weight excluding hydrogens is 439 g/mol. The monoisotopic (exact) mass is 464 g/mol. The highest BCUT2D eigenvalue weighted by molar-refractivity contribution is 7.20. The normalized spacial score (nSPS) is 12.0. The van der Waals surface area contributed by atoms with Gasteiger partial charge < -0.3 is 15.3 Å². The molecule has 1 amide bonds. The number of halogens is 1. The zero-order chi connectivity index (χ0) is 23.4. The van der Waals surface area contributed by atoms with E-state index >= 15 is 0 Å². The van der Waals surface area contributed by atoms with Gasteiger partial charge in [0.05, 0.1) is 22.9 Å². The summed E-state index contributed by atoms with van der Waals surface area (Å²) in [5, 5.41) is 14.6. The Kier molecular flexibility index (Phi) is 6.96. The number of nitrogens with one attached hydrogen (secondary N) is 1. The fourth-order valence-electron chi connectivity index (χ4n) is 3.72. The highest BCUT2D eigenvalue weighted by Crippen LogP contribution is 2.34. The van der Waals surface area contributed by atoms with Gasteiger partial charge in [-0.25, -0.2) is 14.4 Å². The molecule has 1 atom stereocenters. The van der Waals surface area contributed by atoms with Crippen molar-refractivity contribution < 1.29 is 14.3 Å². The third kappa shape index (κ3) is 5.02. The Morgan fingerprint density at radius 1 is 1.15 bits per heavy atom. The van der Waals surface area contributed by atoms with Crippen LogP contribution in [0.5, 0.6) is 0 Å². The van der Waals surface area contributed by atoms with Crippen molar-refractivity contribution in [1.82, 2.24) is 14.9 Å². The number of aliphatic hydroxyl groups excluding tert-OH is 1. The molecule has 2 aromatic carbocycles. The fourth-order valence-corrected chi connectivity index (χ4v) is 4.87. The zero-order valence-electron chi connectivity index (χ0n) is 18.5. The zero-order valence-corrected chi connectivity index (χ0v) is 19.3. The van der Waals surface area contributed by atoms with E-state index in [2.05, 4.69) is 15.3 Å². The Balaban J connectivity index is 1.50. The first-order valence-corrected chi connectivity index (χ1v) is 11.5. The summed E-state index contributed by atoms with van der Waals surface area (Å²) in [6.45, 7) is 2.55. The van der Waals surface area contributed by atoms with Gasteiger partial charge in [0.15, 0.2) is 0 Å². The topological polar surface area (TPSA) is 78.4 Å². The van der Waals surface area contributed by atoms with E-state index in [1.807, 2.05) is 43.3 Å². The lowest BCUT2D eigenvalue weighted by molar-refractivity contribution is 0.0685. The van der Waals surface area contributed by atoms with Crippen LogP contribution in [0.3, 0.4) is 0 Å². The number of anilines is 1. The minimum absolute atomic E-state index is 0.177. The minimum atomic E-state index is -0.773. The summed E-state index contributed by atoms with van der Waals surface area (Å²) in [5.74, 6) is 0.214. The lowest BCUT2D eigenvalue weighted by Crippen LogP contribution is -2.31. The number of aliphatic hydroxyl groups is 1. The van der Waals surface area contributed by atoms with Crippen LogP contribution in [0, 0.1) is 12.7 Å². The van der Waals surface area contributed by atoms with Gasteiger partial charge in [-0.2, -0.15) is 0 Å². The molecule has 0 saturated carbocycles. The number of likely N-dealkylation sites (N-methyl/N-ethyl adjacent to an activating group) is 1. The van der Waals surface area contributed by atoms with E-state index in [4.69, 9.17) is 0 Å². The first-order valence-electron chi connectivity index (χ1n) is 10.7. The maximum atomic E-state index is 13.9. The highest BCUT2D eigenvalue weighted by Gasteiger charge is 2.23. The molecule has 0 fully saturated rings. The van der Waals surface area contributed by atoms with Crippen LogP contribution in [-0.4, -0.2) is 46.0 Å². The third-order valence-electron chi connectivity index (χ3n) is 5.54. The Labute approximate surface area is 195 Å². The third-order valence-corrected chi connectivity index (χ3v) is 6.73. The minimum Gasteiger partial charge on any atom is -0.387 e. The number of fused-ring (bicyclic) bond motifs is 1. The second kappa shape index (κ2) is 10.1. The van der Waals surface area contributed by atoms with Gasteiger partial charge in [0.25, 0.3) is 5.91 Å². The van der Waals surface area contributed by atoms with E-state index in [9.17, 15) is 14.3 Å². The number of nitrogens with zero attached hydrogens (tertiary/aromatic N) is 3. The predicted octanol–water partition coefficient (Wildman–Crippen LogP) is 4.60. The molecule has 0 spiro atoms. The number of rotatable bonds is 8. The maximum absolute atomic E-state index is 13.9. The molecule has 4 rings (SSSR count). The molecule has 0 bridgehead atoms. The second-order valence-electron chi connectivity index (χ2n) is 7.84. The van der Waals surface area contributed by atoms with Crippen molar-refractivity contribution in [3.8, 4) is 0 Å². The summed E-state index contributed by atoms with van der Waals surface area (Å²) < 4.78 is 13.9. The van der Waals surface area contributed by atoms with Crippen LogP contribution in [0.25, 0.3) is 10.2 Å². The van der Waals surface area contributed by atoms with E-state index in [-0.39, 0.29) is 18.3 Å². The summed E-state index contributed by atoms with van der Waals surface area (Å²) in [6, 6.07) is 16.0. The van der Waals surface area contributed by atoms with Crippen LogP contribution in [0.1, 0.15) is 32.5 Å². The number of thiophene rings is 1. The molecule has 6 nitrogen and oxygen atoms in total. The number of carbonyl (C=O) groups is 1. The Morgan fingerprint density at radius 3 is 2.64 bits per heavy atom. The Morgan fingerprint density at radius 2 is 1.88 bits per heavy atom. The van der Waals surface area contributed by atoms with Gasteiger partial charge >= 0.3 is 0 Å². The van der Waals surface area contributed by atoms with Crippen molar-refractivity contribution in [3.05, 3.63) is 88.3 Å². The molecule has 0 saturated heterocycles. The van der Waals surface area contributed by atoms with Crippen LogP contribution < -0.4 is 5.32 Å². The summed E-state index contributed by atoms with van der Waals surface area (Å²) in [7, 11) is 1.68. The number of hydrogen-bond donors (Lipinski definition) is 2. The molecule has 1 unspecified atom stereocenters. The van der Waals surface area contributed by atoms with Crippen LogP contribution in [0.4, 0.5) is 10.2 Å². The quantitative estimate of drug-likeness (QED) is 0.399. The van der Waals surface area contributed by atoms with Crippen LogP contribution in [-0.2, 0) is 6.42 Å². The molecule has 2 N–H and O–H groups in total. The first kappa shape index (κ1) is 22.8. The van der Waals surface area contributed by atoms with E-state index in [0.717, 1.165) is 16.5 Å². The van der Waals surface area contributed by atoms with E-state index in [1.54, 1.807) is 19.2 Å². The van der Waals surface area contributed by atoms with Crippen LogP contribution in [0.2, 0.25) is 0 Å². The maximum Gasteiger partial charge on any atom is 0.264 e. The van der Waals surface area contributed by atoms with Crippen molar-refractivity contribution in [2.75, 3.05) is 25.5 Å². The Bertz CT molecular complexity index is 1260. The molecule has 2 heterocycles. The van der Waals surface area contributed by atoms with Crippen molar-refractivity contribution in [3.63, 3.8) is 0 Å². The van der Waals surface area contributed by atoms with E-state index in [1.165, 1.54) is 28.6 Å². The van der Waals surface area contributed by atoms with E-state index < -0.39 is 6.10 Å². The summed E-state index contributed by atoms with van der Waals surface area (Å²) >= 11 is 1.31. The summed E-state index contributed by atoms with van der Waals surface area (Å²) in [4.78, 5) is 24.6. The predicted molar refractivity (Wildman–Crippen MR) is 129 cm³/mol. The number of aromatic nitrogens is 2. The number of hydrogen-bond acceptors (Lipinski definition) is 6. The van der Waals surface area contributed by atoms with Crippen LogP contribution in [0.15, 0.2) is 60.9 Å². The van der Waals surface area contributed by atoms with Gasteiger partial charge in [0.1, 0.15) is 22.8 Å². The summed E-state index contributed by atoms with van der Waals surface area (Å²) in [6.07, 6.45) is 1.19. The summed E-state index contributed by atoms with van der Waals surface area (Å²) in [5.41, 5.74) is 2.18. The molecule has 33 heavy (non-hydrogen) atoms. The SMILES string of the molecule is Cc1c(C(=O)N(C)CC(O)c2ccccc2)sc2ncnc(NCCc3ccccc3F)c12. The average Bonchev–Trinajstić information content (AvgIpc) is 3.17. The number of carbonyl (C=O) groups excluding carboxylic acids is 1. The van der Waals surface area contributed by atoms with Gasteiger partial charge in [0, 0.05) is 13.6 Å². The number of aryl methyl sites for hydroxylation is 1. The van der Waals surface area contributed by atoms with Crippen LogP contribution >= 0.6 is 11.3 Å². The molecular formula is C25H25FN4O2S. The first-order chi connectivity index (χ1) is 16.0. The molecule has 4 aromatic rings. The van der Waals surface area contributed by atoms with Crippen molar-refractivity contribution >= 4 is 33.3 Å². The standard InChI is InChI=1S/C25H25FN4O2S/c1-16-21-23(27-13-12-17-8-6-7-11-19(17)26)28-15-29-24(21)33-22(16)25(32)30(2)14-20(31)18-9-4-3-5-10-18/h3-11,15,20,31H,12-14H2,1-2H3,(H,27,28,29). The Hall–Kier alpha value is -3.36. The van der Waals surface area contributed by atoms with Gasteiger partial charge in [-0.15, -0.1) is 11.3 Å². The van der Waals surface area contributed by atoms with Crippen molar-refractivity contribution in [2.45, 2.75) is 19.4 Å². The van der Waals surface area contributed by atoms with Gasteiger partial charge in [-0.1, -0.05) is 48.5 Å². The fraction of sp³-hybridized carbons (Fsp3) is 0.240. The van der Waals surface area contributed by atoms with Crippen molar-refractivity contribution in [1.29, 1.82) is 0 Å². The lowest BCUT2D eigenvalue weighted by Gasteiger charge is -2.21. The highest BCUT2D eigenvalue weighted by atomic mass is 32.1. The van der Waals surface area contributed by atoms with Gasteiger partial charge in [-0.05, 0) is 36.1 Å². The molecule has 170 valence electrons. The molecule has 2 aromatic heterocycles. The number of amides is 1. The van der Waals surface area contributed by atoms with Gasteiger partial charge in [-0.3, -0.25) is 4.79 Å². The molecule has 0 radical (unpaired) electrons. The van der Waals surface area contributed by atoms with E-state index in [0.29, 0.717) is 34.1 Å². The largest absolute Gasteiger partial charge is 0.387 e. The molecule has 0 aliphatic carbocycles. The molecule has 8 heteroatoms. The van der Waals surface area contributed by atoms with Crippen molar-refractivity contribution in [2.24, 2.45) is 0 Å². The average molecular weight is 465 g/mol. The molecule has 0 aliphatic heterocycles.